The number of amides is 1. The van der Waals surface area contributed by atoms with Gasteiger partial charge in [0.2, 0.25) is 5.91 Å². The first kappa shape index (κ1) is 14.9. The average molecular weight is 352 g/mol. The van der Waals surface area contributed by atoms with Crippen LogP contribution in [0.1, 0.15) is 37.2 Å². The lowest BCUT2D eigenvalue weighted by molar-refractivity contribution is -0.135. The van der Waals surface area contributed by atoms with Crippen LogP contribution in [-0.4, -0.2) is 35.8 Å². The zero-order valence-electron chi connectivity index (χ0n) is 12.3. The van der Waals surface area contributed by atoms with Crippen LogP contribution >= 0.6 is 15.9 Å². The lowest BCUT2D eigenvalue weighted by Gasteiger charge is -2.36. The predicted octanol–water partition coefficient (Wildman–Crippen LogP) is 3.58. The average Bonchev–Trinajstić information content (AvgIpc) is 2.54. The summed E-state index contributed by atoms with van der Waals surface area (Å²) >= 11 is 3.52. The van der Waals surface area contributed by atoms with Crippen molar-refractivity contribution in [3.05, 3.63) is 29.8 Å². The number of carbonyl (C=O) groups excluding carboxylic acids is 1. The zero-order valence-corrected chi connectivity index (χ0v) is 13.8. The fourth-order valence-corrected chi connectivity index (χ4v) is 4.12. The molecule has 1 amide bonds. The normalized spacial score (nSPS) is 25.1. The highest BCUT2D eigenvalue weighted by molar-refractivity contribution is 9.09. The van der Waals surface area contributed by atoms with Gasteiger partial charge in [-0.2, -0.15) is 0 Å². The van der Waals surface area contributed by atoms with Crippen LogP contribution in [0.5, 0.6) is 5.75 Å². The van der Waals surface area contributed by atoms with E-state index in [4.69, 9.17) is 4.74 Å². The van der Waals surface area contributed by atoms with Crippen molar-refractivity contribution in [3.63, 3.8) is 0 Å². The smallest absolute Gasteiger partial charge is 0.230 e. The Balaban J connectivity index is 1.74. The molecule has 1 fully saturated rings. The van der Waals surface area contributed by atoms with Gasteiger partial charge in [0.25, 0.3) is 0 Å². The number of piperidine rings is 1. The number of carbonyl (C=O) groups is 1. The van der Waals surface area contributed by atoms with Crippen molar-refractivity contribution in [3.8, 4) is 5.75 Å². The fraction of sp³-hybridized carbons (Fsp3) is 0.588. The molecule has 2 atom stereocenters. The molecule has 2 unspecified atom stereocenters. The van der Waals surface area contributed by atoms with E-state index in [1.807, 2.05) is 24.3 Å². The summed E-state index contributed by atoms with van der Waals surface area (Å²) in [6.45, 7) is 2.48. The number of likely N-dealkylation sites (tertiary alicyclic amines) is 1. The first-order chi connectivity index (χ1) is 10.3. The molecule has 4 heteroatoms. The van der Waals surface area contributed by atoms with Gasteiger partial charge in [-0.1, -0.05) is 34.1 Å². The second-order valence-corrected chi connectivity index (χ2v) is 6.79. The topological polar surface area (TPSA) is 29.5 Å². The molecule has 21 heavy (non-hydrogen) atoms. The number of alkyl halides is 1. The van der Waals surface area contributed by atoms with Gasteiger partial charge in [-0.3, -0.25) is 4.79 Å². The second-order valence-electron chi connectivity index (χ2n) is 6.00. The Labute approximate surface area is 134 Å². The Morgan fingerprint density at radius 1 is 1.33 bits per heavy atom. The molecule has 2 aliphatic rings. The van der Waals surface area contributed by atoms with Gasteiger partial charge in [0.05, 0.1) is 12.5 Å². The summed E-state index contributed by atoms with van der Waals surface area (Å²) in [5, 5.41) is 1.03. The molecule has 0 aliphatic carbocycles. The predicted molar refractivity (Wildman–Crippen MR) is 87.0 cm³/mol. The maximum atomic E-state index is 12.9. The third-order valence-corrected chi connectivity index (χ3v) is 5.06. The minimum atomic E-state index is -0.0160. The Hall–Kier alpha value is -1.03. The minimum Gasteiger partial charge on any atom is -0.493 e. The standard InChI is InChI=1S/C17H22BrNO2/c18-9-7-13-4-3-10-19(12-13)17(20)15-8-11-21-16-6-2-1-5-14(15)16/h1-2,5-6,13,15H,3-4,7-12H2. The number of benzene rings is 1. The molecule has 0 aromatic heterocycles. The van der Waals surface area contributed by atoms with Crippen LogP contribution in [0.3, 0.4) is 0 Å². The zero-order chi connectivity index (χ0) is 14.7. The van der Waals surface area contributed by atoms with Gasteiger partial charge in [0, 0.05) is 24.0 Å². The van der Waals surface area contributed by atoms with Gasteiger partial charge in [0.15, 0.2) is 0 Å². The van der Waals surface area contributed by atoms with E-state index >= 15 is 0 Å². The van der Waals surface area contributed by atoms with E-state index in [0.29, 0.717) is 18.4 Å². The number of nitrogens with zero attached hydrogens (tertiary/aromatic N) is 1. The van der Waals surface area contributed by atoms with E-state index in [1.54, 1.807) is 0 Å². The van der Waals surface area contributed by atoms with E-state index in [-0.39, 0.29) is 5.92 Å². The number of rotatable bonds is 3. The highest BCUT2D eigenvalue weighted by Crippen LogP contribution is 2.35. The van der Waals surface area contributed by atoms with Crippen LogP contribution in [0.2, 0.25) is 0 Å². The highest BCUT2D eigenvalue weighted by Gasteiger charge is 2.32. The monoisotopic (exact) mass is 351 g/mol. The molecule has 2 heterocycles. The van der Waals surface area contributed by atoms with Crippen LogP contribution in [0, 0.1) is 5.92 Å². The van der Waals surface area contributed by atoms with Crippen molar-refractivity contribution in [2.75, 3.05) is 25.0 Å². The van der Waals surface area contributed by atoms with Crippen molar-refractivity contribution in [1.29, 1.82) is 0 Å². The van der Waals surface area contributed by atoms with Crippen molar-refractivity contribution in [2.45, 2.75) is 31.6 Å². The SMILES string of the molecule is O=C(C1CCOc2ccccc21)N1CCCC(CCBr)C1. The maximum absolute atomic E-state index is 12.9. The quantitative estimate of drug-likeness (QED) is 0.779. The number of hydrogen-bond donors (Lipinski definition) is 0. The van der Waals surface area contributed by atoms with Crippen LogP contribution in [0.4, 0.5) is 0 Å². The molecule has 114 valence electrons. The number of halogens is 1. The molecule has 1 aromatic carbocycles. The summed E-state index contributed by atoms with van der Waals surface area (Å²) in [5.41, 5.74) is 1.07. The highest BCUT2D eigenvalue weighted by atomic mass is 79.9. The summed E-state index contributed by atoms with van der Waals surface area (Å²) in [5.74, 6) is 1.82. The minimum absolute atomic E-state index is 0.0160. The molecule has 0 spiro atoms. The first-order valence-electron chi connectivity index (χ1n) is 7.86. The molecule has 1 saturated heterocycles. The summed E-state index contributed by atoms with van der Waals surface area (Å²) in [6, 6.07) is 7.98. The molecule has 1 aromatic rings. The largest absolute Gasteiger partial charge is 0.493 e. The van der Waals surface area contributed by atoms with Crippen LogP contribution in [0.25, 0.3) is 0 Å². The molecular formula is C17H22BrNO2. The Morgan fingerprint density at radius 2 is 2.19 bits per heavy atom. The number of para-hydroxylation sites is 1. The fourth-order valence-electron chi connectivity index (χ4n) is 3.47. The van der Waals surface area contributed by atoms with Gasteiger partial charge in [0.1, 0.15) is 5.75 Å². The van der Waals surface area contributed by atoms with E-state index in [2.05, 4.69) is 20.8 Å². The molecule has 0 radical (unpaired) electrons. The van der Waals surface area contributed by atoms with Crippen LogP contribution in [-0.2, 0) is 4.79 Å². The molecular weight excluding hydrogens is 330 g/mol. The Bertz CT molecular complexity index is 503. The summed E-state index contributed by atoms with van der Waals surface area (Å²) in [6.07, 6.45) is 4.34. The third-order valence-electron chi connectivity index (χ3n) is 4.60. The van der Waals surface area contributed by atoms with Crippen molar-refractivity contribution in [2.24, 2.45) is 5.92 Å². The van der Waals surface area contributed by atoms with E-state index < -0.39 is 0 Å². The molecule has 3 rings (SSSR count). The molecule has 0 saturated carbocycles. The molecule has 2 aliphatic heterocycles. The lowest BCUT2D eigenvalue weighted by Crippen LogP contribution is -2.43. The van der Waals surface area contributed by atoms with Gasteiger partial charge in [-0.05, 0) is 37.7 Å². The second kappa shape index (κ2) is 6.82. The van der Waals surface area contributed by atoms with Crippen molar-refractivity contribution < 1.29 is 9.53 Å². The van der Waals surface area contributed by atoms with Crippen LogP contribution < -0.4 is 4.74 Å². The third kappa shape index (κ3) is 3.25. The summed E-state index contributed by atoms with van der Waals surface area (Å²) in [7, 11) is 0. The van der Waals surface area contributed by atoms with Crippen molar-refractivity contribution in [1.82, 2.24) is 4.90 Å². The van der Waals surface area contributed by atoms with Gasteiger partial charge >= 0.3 is 0 Å². The number of hydrogen-bond acceptors (Lipinski definition) is 2. The van der Waals surface area contributed by atoms with E-state index in [0.717, 1.165) is 49.0 Å². The molecule has 0 bridgehead atoms. The van der Waals surface area contributed by atoms with Gasteiger partial charge in [-0.15, -0.1) is 0 Å². The maximum Gasteiger partial charge on any atom is 0.230 e. The van der Waals surface area contributed by atoms with Crippen molar-refractivity contribution >= 4 is 21.8 Å². The number of fused-ring (bicyclic) bond motifs is 1. The molecule has 0 N–H and O–H groups in total. The first-order valence-corrected chi connectivity index (χ1v) is 8.98. The lowest BCUT2D eigenvalue weighted by atomic mass is 9.89. The molecule has 3 nitrogen and oxygen atoms in total. The van der Waals surface area contributed by atoms with Gasteiger partial charge < -0.3 is 9.64 Å². The summed E-state index contributed by atoms with van der Waals surface area (Å²) in [4.78, 5) is 15.0. The van der Waals surface area contributed by atoms with E-state index in [1.165, 1.54) is 6.42 Å². The number of ether oxygens (including phenoxy) is 1. The van der Waals surface area contributed by atoms with Gasteiger partial charge in [-0.25, -0.2) is 0 Å². The summed E-state index contributed by atoms with van der Waals surface area (Å²) < 4.78 is 5.67. The Kier molecular flexibility index (Phi) is 4.84. The van der Waals surface area contributed by atoms with E-state index in [9.17, 15) is 4.79 Å². The Morgan fingerprint density at radius 3 is 3.05 bits per heavy atom. The van der Waals surface area contributed by atoms with Crippen LogP contribution in [0.15, 0.2) is 24.3 Å².